The summed E-state index contributed by atoms with van der Waals surface area (Å²) in [6.07, 6.45) is 1.58. The van der Waals surface area contributed by atoms with E-state index in [4.69, 9.17) is 4.74 Å². The molecule has 1 aliphatic heterocycles. The molecule has 4 rings (SSSR count). The van der Waals surface area contributed by atoms with Crippen LogP contribution >= 0.6 is 0 Å². The highest BCUT2D eigenvalue weighted by Gasteiger charge is 2.41. The monoisotopic (exact) mass is 517 g/mol. The molecule has 8 nitrogen and oxygen atoms in total. The van der Waals surface area contributed by atoms with E-state index in [9.17, 15) is 22.7 Å². The molecule has 3 aromatic rings. The first-order valence-corrected chi connectivity index (χ1v) is 13.6. The van der Waals surface area contributed by atoms with Crippen LogP contribution in [0.3, 0.4) is 0 Å². The van der Waals surface area contributed by atoms with Gasteiger partial charge in [-0.1, -0.05) is 0 Å². The summed E-state index contributed by atoms with van der Waals surface area (Å²) in [6, 6.07) is 9.91. The molecule has 1 N–H and O–H groups in total. The zero-order valence-corrected chi connectivity index (χ0v) is 21.7. The second kappa shape index (κ2) is 10.2. The number of hydrogen-bond donors (Lipinski definition) is 1. The van der Waals surface area contributed by atoms with Crippen LogP contribution < -0.4 is 4.74 Å². The molecular formula is C26H32FN3O5S. The van der Waals surface area contributed by atoms with Gasteiger partial charge in [0.1, 0.15) is 11.6 Å². The van der Waals surface area contributed by atoms with Gasteiger partial charge in [0.2, 0.25) is 10.0 Å². The number of sulfonamides is 1. The molecule has 0 saturated carbocycles. The first-order valence-electron chi connectivity index (χ1n) is 12.2. The fourth-order valence-corrected chi connectivity index (χ4v) is 6.95. The molecular weight excluding hydrogens is 485 g/mol. The maximum Gasteiger partial charge on any atom is 0.309 e. The predicted molar refractivity (Wildman–Crippen MR) is 134 cm³/mol. The van der Waals surface area contributed by atoms with Crippen LogP contribution in [0, 0.1) is 5.82 Å². The van der Waals surface area contributed by atoms with Gasteiger partial charge >= 0.3 is 5.97 Å². The van der Waals surface area contributed by atoms with Gasteiger partial charge in [-0.05, 0) is 89.4 Å². The van der Waals surface area contributed by atoms with Gasteiger partial charge in [-0.25, -0.2) is 12.8 Å². The number of hydrogen-bond acceptors (Lipinski definition) is 5. The number of benzene rings is 2. The van der Waals surface area contributed by atoms with E-state index in [1.807, 2.05) is 27.7 Å². The number of halogens is 1. The number of ether oxygens (including phenoxy) is 1. The molecule has 194 valence electrons. The van der Waals surface area contributed by atoms with Gasteiger partial charge in [0.15, 0.2) is 0 Å². The lowest BCUT2D eigenvalue weighted by atomic mass is 10.1. The van der Waals surface area contributed by atoms with Gasteiger partial charge in [0.05, 0.1) is 34.7 Å². The summed E-state index contributed by atoms with van der Waals surface area (Å²) in [7, 11) is -3.76. The Bertz CT molecular complexity index is 1350. The number of fused-ring (bicyclic) bond motifs is 1. The second-order valence-electron chi connectivity index (χ2n) is 9.76. The molecule has 1 aliphatic rings. The summed E-state index contributed by atoms with van der Waals surface area (Å²) >= 11 is 0. The summed E-state index contributed by atoms with van der Waals surface area (Å²) in [5.74, 6) is -0.856. The van der Waals surface area contributed by atoms with Crippen molar-refractivity contribution in [2.75, 3.05) is 0 Å². The Labute approximate surface area is 210 Å². The second-order valence-corrected chi connectivity index (χ2v) is 11.6. The van der Waals surface area contributed by atoms with E-state index >= 15 is 0 Å². The number of carboxylic acids is 1. The van der Waals surface area contributed by atoms with Crippen LogP contribution in [0.4, 0.5) is 4.39 Å². The highest BCUT2D eigenvalue weighted by molar-refractivity contribution is 7.89. The van der Waals surface area contributed by atoms with Gasteiger partial charge in [-0.15, -0.1) is 0 Å². The lowest BCUT2D eigenvalue weighted by Crippen LogP contribution is -2.40. The summed E-state index contributed by atoms with van der Waals surface area (Å²) in [5, 5.41) is 14.4. The van der Waals surface area contributed by atoms with Crippen molar-refractivity contribution in [1.29, 1.82) is 0 Å². The van der Waals surface area contributed by atoms with Crippen LogP contribution in [0.1, 0.15) is 58.7 Å². The first-order chi connectivity index (χ1) is 17.0. The minimum absolute atomic E-state index is 0.0141. The normalized spacial score (nSPS) is 19.7. The highest BCUT2D eigenvalue weighted by atomic mass is 32.2. The van der Waals surface area contributed by atoms with Crippen molar-refractivity contribution in [2.24, 2.45) is 0 Å². The van der Waals surface area contributed by atoms with Crippen molar-refractivity contribution in [3.8, 4) is 5.75 Å². The molecule has 1 saturated heterocycles. The lowest BCUT2D eigenvalue weighted by molar-refractivity contribution is -0.136. The summed E-state index contributed by atoms with van der Waals surface area (Å²) in [6.45, 7) is 7.62. The van der Waals surface area contributed by atoms with Crippen LogP contribution in [0.15, 0.2) is 47.4 Å². The molecule has 0 aliphatic carbocycles. The molecule has 0 unspecified atom stereocenters. The molecule has 3 atom stereocenters. The van der Waals surface area contributed by atoms with Gasteiger partial charge in [-0.2, -0.15) is 9.40 Å². The molecule has 2 aromatic carbocycles. The topological polar surface area (TPSA) is 102 Å². The van der Waals surface area contributed by atoms with Crippen molar-refractivity contribution in [1.82, 2.24) is 14.1 Å². The van der Waals surface area contributed by atoms with E-state index in [2.05, 4.69) is 5.10 Å². The number of carboxylic acid groups (broad SMARTS) is 1. The number of aromatic nitrogens is 2. The molecule has 0 bridgehead atoms. The third-order valence-electron chi connectivity index (χ3n) is 6.58. The number of carbonyl (C=O) groups is 1. The van der Waals surface area contributed by atoms with Crippen molar-refractivity contribution < 1.29 is 27.4 Å². The van der Waals surface area contributed by atoms with E-state index in [0.29, 0.717) is 35.2 Å². The standard InChI is InChI=1S/C26H32FN3O5S/c1-16(2)35-21-8-10-22(11-9-21)36(33,34)30-17(3)5-7-20(30)13-18(4)29-25-14-19(27)6-12-23(25)24(28-29)15-26(31)32/h6,8-12,14,16-18,20H,5,7,13,15H2,1-4H3,(H,31,32)/t17-,18-,20-/m1/s1. The molecule has 0 spiro atoms. The first kappa shape index (κ1) is 26.1. The highest BCUT2D eigenvalue weighted by Crippen LogP contribution is 2.36. The van der Waals surface area contributed by atoms with Crippen molar-refractivity contribution in [3.63, 3.8) is 0 Å². The average molecular weight is 518 g/mol. The summed E-state index contributed by atoms with van der Waals surface area (Å²) < 4.78 is 50.2. The van der Waals surface area contributed by atoms with Crippen LogP contribution in [0.2, 0.25) is 0 Å². The van der Waals surface area contributed by atoms with Gasteiger partial charge in [0, 0.05) is 17.5 Å². The zero-order chi connectivity index (χ0) is 26.2. The van der Waals surface area contributed by atoms with Gasteiger partial charge < -0.3 is 9.84 Å². The average Bonchev–Trinajstić information content (AvgIpc) is 3.33. The largest absolute Gasteiger partial charge is 0.491 e. The fraction of sp³-hybridized carbons (Fsp3) is 0.462. The molecule has 1 fully saturated rings. The molecule has 0 radical (unpaired) electrons. The Hall–Kier alpha value is -2.98. The lowest BCUT2D eigenvalue weighted by Gasteiger charge is -2.29. The third kappa shape index (κ3) is 5.24. The smallest absolute Gasteiger partial charge is 0.309 e. The van der Waals surface area contributed by atoms with Gasteiger partial charge in [-0.3, -0.25) is 9.48 Å². The van der Waals surface area contributed by atoms with E-state index in [1.54, 1.807) is 39.3 Å². The maximum absolute atomic E-state index is 14.1. The zero-order valence-electron chi connectivity index (χ0n) is 20.9. The number of nitrogens with zero attached hydrogens (tertiary/aromatic N) is 3. The SMILES string of the molecule is CC(C)Oc1ccc(S(=O)(=O)N2[C@@H](C[C@@H](C)n3nc(CC(=O)O)c4ccc(F)cc43)CC[C@H]2C)cc1. The Morgan fingerprint density at radius 3 is 2.50 bits per heavy atom. The molecule has 0 amide bonds. The van der Waals surface area contributed by atoms with Crippen molar-refractivity contribution >= 4 is 26.9 Å². The quantitative estimate of drug-likeness (QED) is 0.438. The Morgan fingerprint density at radius 1 is 1.17 bits per heavy atom. The van der Waals surface area contributed by atoms with Crippen LogP contribution in [0.25, 0.3) is 10.9 Å². The van der Waals surface area contributed by atoms with Crippen LogP contribution in [0.5, 0.6) is 5.75 Å². The predicted octanol–water partition coefficient (Wildman–Crippen LogP) is 4.78. The molecule has 1 aromatic heterocycles. The van der Waals surface area contributed by atoms with E-state index < -0.39 is 21.8 Å². The molecule has 10 heteroatoms. The van der Waals surface area contributed by atoms with E-state index in [0.717, 1.165) is 6.42 Å². The Balaban J connectivity index is 1.61. The van der Waals surface area contributed by atoms with Gasteiger partial charge in [0.25, 0.3) is 0 Å². The van der Waals surface area contributed by atoms with Crippen LogP contribution in [-0.4, -0.2) is 51.8 Å². The number of rotatable bonds is 9. The number of aliphatic carboxylic acids is 1. The minimum Gasteiger partial charge on any atom is -0.491 e. The third-order valence-corrected chi connectivity index (χ3v) is 8.66. The summed E-state index contributed by atoms with van der Waals surface area (Å²) in [4.78, 5) is 11.5. The Kier molecular flexibility index (Phi) is 7.38. The summed E-state index contributed by atoms with van der Waals surface area (Å²) in [5.41, 5.74) is 0.859. The van der Waals surface area contributed by atoms with Crippen LogP contribution in [-0.2, 0) is 21.2 Å². The molecule has 36 heavy (non-hydrogen) atoms. The van der Waals surface area contributed by atoms with E-state index in [1.165, 1.54) is 12.1 Å². The fourth-order valence-electron chi connectivity index (χ4n) is 5.07. The molecule has 2 heterocycles. The van der Waals surface area contributed by atoms with Crippen molar-refractivity contribution in [2.45, 2.75) is 82.5 Å². The minimum atomic E-state index is -3.76. The van der Waals surface area contributed by atoms with E-state index in [-0.39, 0.29) is 35.5 Å². The van der Waals surface area contributed by atoms with Crippen molar-refractivity contribution in [3.05, 3.63) is 54.0 Å². The Morgan fingerprint density at radius 2 is 1.86 bits per heavy atom. The maximum atomic E-state index is 14.1.